The minimum Gasteiger partial charge on any atom is -0.459 e. The lowest BCUT2D eigenvalue weighted by Gasteiger charge is -2.24. The number of hydrogen-bond donors (Lipinski definition) is 0. The summed E-state index contributed by atoms with van der Waals surface area (Å²) >= 11 is 3.48. The van der Waals surface area contributed by atoms with Crippen LogP contribution in [0.15, 0.2) is 51.6 Å². The van der Waals surface area contributed by atoms with Crippen LogP contribution in [0, 0.1) is 0 Å². The number of nitrogens with zero attached hydrogens (tertiary/aromatic N) is 1. The molecule has 3 nitrogen and oxygen atoms in total. The molecule has 1 amide bonds. The zero-order chi connectivity index (χ0) is 13.2. The van der Waals surface area contributed by atoms with E-state index < -0.39 is 0 Å². The second-order valence-electron chi connectivity index (χ2n) is 4.69. The highest BCUT2D eigenvalue weighted by Gasteiger charge is 2.31. The third kappa shape index (κ3) is 2.45. The molecule has 1 fully saturated rings. The minimum absolute atomic E-state index is 0.0209. The van der Waals surface area contributed by atoms with Crippen LogP contribution in [0.1, 0.15) is 35.0 Å². The summed E-state index contributed by atoms with van der Waals surface area (Å²) in [6, 6.07) is 11.8. The number of likely N-dealkylation sites (tertiary alicyclic amines) is 1. The number of furan rings is 1. The predicted molar refractivity (Wildman–Crippen MR) is 75.9 cm³/mol. The van der Waals surface area contributed by atoms with Crippen molar-refractivity contribution in [3.63, 3.8) is 0 Å². The molecule has 1 aromatic heterocycles. The normalized spacial score (nSPS) is 18.8. The highest BCUT2D eigenvalue weighted by molar-refractivity contribution is 9.10. The zero-order valence-electron chi connectivity index (χ0n) is 10.4. The number of rotatable bonds is 2. The van der Waals surface area contributed by atoms with Gasteiger partial charge >= 0.3 is 0 Å². The van der Waals surface area contributed by atoms with Crippen LogP contribution in [0.5, 0.6) is 0 Å². The molecule has 0 bridgehead atoms. The number of amides is 1. The van der Waals surface area contributed by atoms with Crippen molar-refractivity contribution in [1.82, 2.24) is 4.90 Å². The van der Waals surface area contributed by atoms with Crippen molar-refractivity contribution >= 4 is 21.8 Å². The molecule has 4 heteroatoms. The summed E-state index contributed by atoms with van der Waals surface area (Å²) in [5, 5.41) is 0. The van der Waals surface area contributed by atoms with Gasteiger partial charge in [0.2, 0.25) is 0 Å². The van der Waals surface area contributed by atoms with Crippen molar-refractivity contribution in [2.75, 3.05) is 6.54 Å². The summed E-state index contributed by atoms with van der Waals surface area (Å²) in [6.07, 6.45) is 3.57. The third-order valence-corrected chi connectivity index (χ3v) is 3.97. The monoisotopic (exact) mass is 319 g/mol. The molecule has 1 atom stereocenters. The molecule has 0 radical (unpaired) electrons. The van der Waals surface area contributed by atoms with Crippen LogP contribution in [0.2, 0.25) is 0 Å². The van der Waals surface area contributed by atoms with Gasteiger partial charge in [0, 0.05) is 11.0 Å². The molecule has 3 rings (SSSR count). The van der Waals surface area contributed by atoms with Crippen LogP contribution in [0.3, 0.4) is 0 Å². The van der Waals surface area contributed by atoms with Crippen molar-refractivity contribution in [2.45, 2.75) is 18.9 Å². The minimum atomic E-state index is -0.0209. The Kier molecular flexibility index (Phi) is 3.42. The van der Waals surface area contributed by atoms with E-state index in [1.54, 1.807) is 12.1 Å². The van der Waals surface area contributed by atoms with Gasteiger partial charge in [-0.15, -0.1) is 0 Å². The molecule has 1 aromatic carbocycles. The van der Waals surface area contributed by atoms with Crippen molar-refractivity contribution in [2.24, 2.45) is 0 Å². The second-order valence-corrected chi connectivity index (χ2v) is 5.60. The van der Waals surface area contributed by atoms with Crippen LogP contribution >= 0.6 is 15.9 Å². The number of carbonyl (C=O) groups excluding carboxylic acids is 1. The van der Waals surface area contributed by atoms with Gasteiger partial charge in [-0.25, -0.2) is 0 Å². The summed E-state index contributed by atoms with van der Waals surface area (Å²) in [5.74, 6) is 0.398. The quantitative estimate of drug-likeness (QED) is 0.837. The van der Waals surface area contributed by atoms with Crippen molar-refractivity contribution in [1.29, 1.82) is 0 Å². The summed E-state index contributed by atoms with van der Waals surface area (Å²) in [6.45, 7) is 0.788. The van der Waals surface area contributed by atoms with E-state index in [9.17, 15) is 4.79 Å². The lowest BCUT2D eigenvalue weighted by Crippen LogP contribution is -2.30. The molecule has 1 unspecified atom stereocenters. The fourth-order valence-corrected chi connectivity index (χ4v) is 3.03. The molecule has 1 aliphatic heterocycles. The van der Waals surface area contributed by atoms with Gasteiger partial charge in [0.05, 0.1) is 12.3 Å². The third-order valence-electron chi connectivity index (χ3n) is 3.48. The van der Waals surface area contributed by atoms with Gasteiger partial charge in [0.15, 0.2) is 5.76 Å². The molecule has 2 aromatic rings. The molecule has 98 valence electrons. The molecular weight excluding hydrogens is 306 g/mol. The van der Waals surface area contributed by atoms with Crippen molar-refractivity contribution in [3.8, 4) is 0 Å². The van der Waals surface area contributed by atoms with Gasteiger partial charge in [-0.2, -0.15) is 0 Å². The van der Waals surface area contributed by atoms with Gasteiger partial charge in [0.25, 0.3) is 5.91 Å². The first-order chi connectivity index (χ1) is 9.25. The zero-order valence-corrected chi connectivity index (χ0v) is 12.0. The second kappa shape index (κ2) is 5.21. The smallest absolute Gasteiger partial charge is 0.290 e. The molecule has 0 spiro atoms. The largest absolute Gasteiger partial charge is 0.459 e. The topological polar surface area (TPSA) is 33.5 Å². The van der Waals surface area contributed by atoms with E-state index in [4.69, 9.17) is 4.42 Å². The Morgan fingerprint density at radius 3 is 2.95 bits per heavy atom. The average Bonchev–Trinajstić information content (AvgIpc) is 3.09. The number of halogens is 1. The Hall–Kier alpha value is -1.55. The summed E-state index contributed by atoms with van der Waals surface area (Å²) in [4.78, 5) is 14.3. The fraction of sp³-hybridized carbons (Fsp3) is 0.267. The summed E-state index contributed by atoms with van der Waals surface area (Å²) in [5.41, 5.74) is 1.17. The van der Waals surface area contributed by atoms with Crippen molar-refractivity contribution < 1.29 is 9.21 Å². The van der Waals surface area contributed by atoms with Crippen LogP contribution in [-0.2, 0) is 0 Å². The SMILES string of the molecule is O=C(c1ccco1)N1CCCC1c1cccc(Br)c1. The maximum atomic E-state index is 12.4. The standard InChI is InChI=1S/C15H14BrNO2/c16-12-5-1-4-11(10-12)13-6-2-8-17(13)15(18)14-7-3-9-19-14/h1,3-5,7,9-10,13H,2,6,8H2. The Balaban J connectivity index is 1.88. The van der Waals surface area contributed by atoms with Gasteiger partial charge in [-0.3, -0.25) is 4.79 Å². The number of hydrogen-bond acceptors (Lipinski definition) is 2. The first-order valence-corrected chi connectivity index (χ1v) is 7.15. The Labute approximate surface area is 120 Å². The first-order valence-electron chi connectivity index (χ1n) is 6.35. The maximum Gasteiger partial charge on any atom is 0.290 e. The lowest BCUT2D eigenvalue weighted by molar-refractivity contribution is 0.0703. The Morgan fingerprint density at radius 2 is 2.21 bits per heavy atom. The lowest BCUT2D eigenvalue weighted by atomic mass is 10.0. The van der Waals surface area contributed by atoms with Crippen LogP contribution < -0.4 is 0 Å². The Bertz CT molecular complexity index is 580. The number of carbonyl (C=O) groups is 1. The summed E-state index contributed by atoms with van der Waals surface area (Å²) in [7, 11) is 0. The first kappa shape index (κ1) is 12.5. The molecule has 2 heterocycles. The van der Waals surface area contributed by atoms with Gasteiger partial charge < -0.3 is 9.32 Å². The van der Waals surface area contributed by atoms with E-state index in [2.05, 4.69) is 28.1 Å². The van der Waals surface area contributed by atoms with Crippen LogP contribution in [0.25, 0.3) is 0 Å². The highest BCUT2D eigenvalue weighted by Crippen LogP contribution is 2.34. The Morgan fingerprint density at radius 1 is 1.32 bits per heavy atom. The highest BCUT2D eigenvalue weighted by atomic mass is 79.9. The molecule has 0 aliphatic carbocycles. The number of benzene rings is 1. The van der Waals surface area contributed by atoms with E-state index >= 15 is 0 Å². The van der Waals surface area contributed by atoms with Crippen LogP contribution in [0.4, 0.5) is 0 Å². The van der Waals surface area contributed by atoms with E-state index in [1.165, 1.54) is 11.8 Å². The molecule has 1 saturated heterocycles. The molecule has 19 heavy (non-hydrogen) atoms. The molecule has 0 N–H and O–H groups in total. The van der Waals surface area contributed by atoms with Gasteiger partial charge in [0.1, 0.15) is 0 Å². The van der Waals surface area contributed by atoms with Crippen molar-refractivity contribution in [3.05, 3.63) is 58.5 Å². The van der Waals surface area contributed by atoms with Gasteiger partial charge in [-0.05, 0) is 42.7 Å². The van der Waals surface area contributed by atoms with E-state index in [0.717, 1.165) is 23.9 Å². The average molecular weight is 320 g/mol. The van der Waals surface area contributed by atoms with E-state index in [1.807, 2.05) is 17.0 Å². The molecular formula is C15H14BrNO2. The molecule has 0 saturated carbocycles. The molecule has 1 aliphatic rings. The summed E-state index contributed by atoms with van der Waals surface area (Å²) < 4.78 is 6.26. The van der Waals surface area contributed by atoms with Crippen LogP contribution in [-0.4, -0.2) is 17.4 Å². The fourth-order valence-electron chi connectivity index (χ4n) is 2.61. The van der Waals surface area contributed by atoms with E-state index in [-0.39, 0.29) is 11.9 Å². The maximum absolute atomic E-state index is 12.4. The van der Waals surface area contributed by atoms with E-state index in [0.29, 0.717) is 5.76 Å². The predicted octanol–water partition coefficient (Wildman–Crippen LogP) is 4.02. The van der Waals surface area contributed by atoms with Gasteiger partial charge in [-0.1, -0.05) is 28.1 Å².